The molecule has 6 nitrogen and oxygen atoms in total. The van der Waals surface area contributed by atoms with Crippen LogP contribution in [0.25, 0.3) is 0 Å². The standard InChI is InChI=1S/C23H22N2O4/c1-15-5-4-6-18(13-15)29-17-11-9-16(10-12-17)24-21(26)14-25-22(27)19-7-2-3-8-20(19)23(25)28/h2-6,9-13,19-20H,7-8,14H2,1H3,(H,24,26)/t19-,20+. The fourth-order valence-corrected chi connectivity index (χ4v) is 3.79. The summed E-state index contributed by atoms with van der Waals surface area (Å²) in [7, 11) is 0. The van der Waals surface area contributed by atoms with E-state index in [0.29, 0.717) is 24.3 Å². The first-order chi connectivity index (χ1) is 14.0. The lowest BCUT2D eigenvalue weighted by Gasteiger charge is -2.14. The van der Waals surface area contributed by atoms with Crippen LogP contribution in [0.15, 0.2) is 60.7 Å². The third kappa shape index (κ3) is 4.06. The zero-order valence-corrected chi connectivity index (χ0v) is 16.1. The Labute approximate surface area is 169 Å². The van der Waals surface area contributed by atoms with Crippen LogP contribution in [0.5, 0.6) is 11.5 Å². The molecule has 2 atom stereocenters. The largest absolute Gasteiger partial charge is 0.457 e. The van der Waals surface area contributed by atoms with Gasteiger partial charge in [0, 0.05) is 5.69 Å². The molecule has 0 bridgehead atoms. The first-order valence-corrected chi connectivity index (χ1v) is 9.66. The van der Waals surface area contributed by atoms with E-state index in [0.717, 1.165) is 16.2 Å². The maximum absolute atomic E-state index is 12.5. The summed E-state index contributed by atoms with van der Waals surface area (Å²) in [6, 6.07) is 14.7. The molecule has 0 radical (unpaired) electrons. The summed E-state index contributed by atoms with van der Waals surface area (Å²) in [4.78, 5) is 38.4. The number of likely N-dealkylation sites (tertiary alicyclic amines) is 1. The van der Waals surface area contributed by atoms with Gasteiger partial charge in [-0.2, -0.15) is 0 Å². The number of rotatable bonds is 5. The van der Waals surface area contributed by atoms with Crippen molar-refractivity contribution in [2.45, 2.75) is 19.8 Å². The van der Waals surface area contributed by atoms with Gasteiger partial charge >= 0.3 is 0 Å². The van der Waals surface area contributed by atoms with E-state index in [1.807, 2.05) is 43.3 Å². The molecule has 0 unspecified atom stereocenters. The van der Waals surface area contributed by atoms with Gasteiger partial charge in [-0.1, -0.05) is 24.3 Å². The van der Waals surface area contributed by atoms with Crippen molar-refractivity contribution >= 4 is 23.4 Å². The summed E-state index contributed by atoms with van der Waals surface area (Å²) in [6.45, 7) is 1.74. The molecule has 2 aliphatic rings. The van der Waals surface area contributed by atoms with Crippen LogP contribution in [0.2, 0.25) is 0 Å². The first kappa shape index (κ1) is 18.9. The predicted molar refractivity (Wildman–Crippen MR) is 108 cm³/mol. The Morgan fingerprint density at radius 1 is 1.00 bits per heavy atom. The highest BCUT2D eigenvalue weighted by Gasteiger charge is 2.47. The SMILES string of the molecule is Cc1cccc(Oc2ccc(NC(=O)CN3C(=O)[C@H]4CC=CC[C@H]4C3=O)cc2)c1. The van der Waals surface area contributed by atoms with Crippen molar-refractivity contribution in [3.8, 4) is 11.5 Å². The fourth-order valence-electron chi connectivity index (χ4n) is 3.79. The number of benzene rings is 2. The smallest absolute Gasteiger partial charge is 0.244 e. The minimum Gasteiger partial charge on any atom is -0.457 e. The number of hydrogen-bond donors (Lipinski definition) is 1. The van der Waals surface area contributed by atoms with Crippen LogP contribution in [-0.4, -0.2) is 29.2 Å². The Balaban J connectivity index is 1.35. The van der Waals surface area contributed by atoms with Crippen LogP contribution in [0, 0.1) is 18.8 Å². The van der Waals surface area contributed by atoms with Crippen molar-refractivity contribution in [2.24, 2.45) is 11.8 Å². The molecule has 1 fully saturated rings. The van der Waals surface area contributed by atoms with Crippen LogP contribution >= 0.6 is 0 Å². The number of fused-ring (bicyclic) bond motifs is 1. The average molecular weight is 390 g/mol. The van der Waals surface area contributed by atoms with Gasteiger partial charge in [0.05, 0.1) is 11.8 Å². The molecule has 0 aromatic heterocycles. The van der Waals surface area contributed by atoms with Gasteiger partial charge in [-0.15, -0.1) is 0 Å². The minimum atomic E-state index is -0.398. The predicted octanol–water partition coefficient (Wildman–Crippen LogP) is 3.68. The van der Waals surface area contributed by atoms with E-state index in [-0.39, 0.29) is 30.2 Å². The van der Waals surface area contributed by atoms with Gasteiger partial charge in [-0.05, 0) is 61.7 Å². The van der Waals surface area contributed by atoms with Crippen LogP contribution in [0.3, 0.4) is 0 Å². The number of nitrogens with one attached hydrogen (secondary N) is 1. The highest BCUT2D eigenvalue weighted by atomic mass is 16.5. The van der Waals surface area contributed by atoms with Crippen molar-refractivity contribution in [1.82, 2.24) is 4.90 Å². The summed E-state index contributed by atoms with van der Waals surface area (Å²) in [5.74, 6) is -0.149. The number of amides is 3. The topological polar surface area (TPSA) is 75.7 Å². The molecule has 1 saturated heterocycles. The molecule has 1 N–H and O–H groups in total. The monoisotopic (exact) mass is 390 g/mol. The Bertz CT molecular complexity index is 955. The zero-order chi connectivity index (χ0) is 20.4. The number of carbonyl (C=O) groups excluding carboxylic acids is 3. The molecule has 148 valence electrons. The van der Waals surface area contributed by atoms with Gasteiger partial charge in [-0.3, -0.25) is 19.3 Å². The number of anilines is 1. The molecule has 0 saturated carbocycles. The molecule has 2 aromatic rings. The Hall–Kier alpha value is -3.41. The average Bonchev–Trinajstić information content (AvgIpc) is 2.95. The number of nitrogens with zero attached hydrogens (tertiary/aromatic N) is 1. The first-order valence-electron chi connectivity index (χ1n) is 9.66. The Morgan fingerprint density at radius 2 is 1.66 bits per heavy atom. The highest BCUT2D eigenvalue weighted by Crippen LogP contribution is 2.34. The number of aryl methyl sites for hydroxylation is 1. The number of hydrogen-bond acceptors (Lipinski definition) is 4. The Morgan fingerprint density at radius 3 is 2.28 bits per heavy atom. The van der Waals surface area contributed by atoms with Gasteiger partial charge in [0.1, 0.15) is 18.0 Å². The van der Waals surface area contributed by atoms with Crippen molar-refractivity contribution in [3.63, 3.8) is 0 Å². The maximum atomic E-state index is 12.5. The third-order valence-corrected chi connectivity index (χ3v) is 5.26. The lowest BCUT2D eigenvalue weighted by Crippen LogP contribution is -2.38. The van der Waals surface area contributed by atoms with Crippen LogP contribution in [0.4, 0.5) is 5.69 Å². The fraction of sp³-hybridized carbons (Fsp3) is 0.261. The van der Waals surface area contributed by atoms with E-state index >= 15 is 0 Å². The quantitative estimate of drug-likeness (QED) is 0.624. The zero-order valence-electron chi connectivity index (χ0n) is 16.1. The van der Waals surface area contributed by atoms with E-state index in [9.17, 15) is 14.4 Å². The van der Waals surface area contributed by atoms with Gasteiger partial charge in [-0.25, -0.2) is 0 Å². The molecule has 1 heterocycles. The number of ether oxygens (including phenoxy) is 1. The molecule has 1 aliphatic carbocycles. The van der Waals surface area contributed by atoms with Gasteiger partial charge in [0.15, 0.2) is 0 Å². The van der Waals surface area contributed by atoms with Gasteiger partial charge < -0.3 is 10.1 Å². The van der Waals surface area contributed by atoms with Crippen molar-refractivity contribution in [2.75, 3.05) is 11.9 Å². The summed E-state index contributed by atoms with van der Waals surface area (Å²) in [5.41, 5.74) is 1.68. The molecular weight excluding hydrogens is 368 g/mol. The molecule has 3 amide bonds. The summed E-state index contributed by atoms with van der Waals surface area (Å²) in [5, 5.41) is 2.74. The van der Waals surface area contributed by atoms with E-state index in [4.69, 9.17) is 4.74 Å². The van der Waals surface area contributed by atoms with E-state index < -0.39 is 5.91 Å². The molecule has 2 aromatic carbocycles. The van der Waals surface area contributed by atoms with Crippen molar-refractivity contribution < 1.29 is 19.1 Å². The van der Waals surface area contributed by atoms with Crippen LogP contribution in [0.1, 0.15) is 18.4 Å². The lowest BCUT2D eigenvalue weighted by atomic mass is 9.85. The molecule has 0 spiro atoms. The van der Waals surface area contributed by atoms with Gasteiger partial charge in [0.25, 0.3) is 0 Å². The normalized spacial score (nSPS) is 20.5. The Kier molecular flexibility index (Phi) is 5.16. The van der Waals surface area contributed by atoms with Crippen molar-refractivity contribution in [1.29, 1.82) is 0 Å². The van der Waals surface area contributed by atoms with E-state index in [1.54, 1.807) is 24.3 Å². The second-order valence-electron chi connectivity index (χ2n) is 7.41. The number of allylic oxidation sites excluding steroid dienone is 2. The highest BCUT2D eigenvalue weighted by molar-refractivity contribution is 6.08. The molecule has 1 aliphatic heterocycles. The van der Waals surface area contributed by atoms with E-state index in [1.165, 1.54) is 0 Å². The number of imide groups is 1. The second-order valence-corrected chi connectivity index (χ2v) is 7.41. The molecular formula is C23H22N2O4. The summed E-state index contributed by atoms with van der Waals surface area (Å²) >= 11 is 0. The third-order valence-electron chi connectivity index (χ3n) is 5.26. The number of carbonyl (C=O) groups is 3. The van der Waals surface area contributed by atoms with Crippen molar-refractivity contribution in [3.05, 3.63) is 66.2 Å². The summed E-state index contributed by atoms with van der Waals surface area (Å²) < 4.78 is 5.79. The van der Waals surface area contributed by atoms with E-state index in [2.05, 4.69) is 5.32 Å². The van der Waals surface area contributed by atoms with Crippen LogP contribution < -0.4 is 10.1 Å². The molecule has 6 heteroatoms. The maximum Gasteiger partial charge on any atom is 0.244 e. The molecule has 4 rings (SSSR count). The second kappa shape index (κ2) is 7.91. The van der Waals surface area contributed by atoms with Crippen LogP contribution in [-0.2, 0) is 14.4 Å². The lowest BCUT2D eigenvalue weighted by molar-refractivity contribution is -0.142. The minimum absolute atomic E-state index is 0.249. The molecule has 29 heavy (non-hydrogen) atoms. The summed E-state index contributed by atoms with van der Waals surface area (Å²) in [6.07, 6.45) is 4.98. The van der Waals surface area contributed by atoms with Gasteiger partial charge in [0.2, 0.25) is 17.7 Å².